The van der Waals surface area contributed by atoms with Crippen LogP contribution in [0.15, 0.2) is 0 Å². The van der Waals surface area contributed by atoms with Crippen LogP contribution >= 0.6 is 0 Å². The highest BCUT2D eigenvalue weighted by atomic mass is 19.4. The minimum atomic E-state index is -4.16. The lowest BCUT2D eigenvalue weighted by Gasteiger charge is -2.10. The Morgan fingerprint density at radius 2 is 1.94 bits per heavy atom. The van der Waals surface area contributed by atoms with Gasteiger partial charge in [0.15, 0.2) is 5.82 Å². The lowest BCUT2D eigenvalue weighted by atomic mass is 10.1. The molecule has 0 radical (unpaired) electrons. The Kier molecular flexibility index (Phi) is 4.48. The molecular formula is C11H13F3N4. The molecule has 7 heteroatoms. The molecule has 1 rings (SSSR count). The summed E-state index contributed by atoms with van der Waals surface area (Å²) in [6.45, 7) is 3.55. The first-order chi connectivity index (χ1) is 8.35. The number of nitrogens with one attached hydrogen (secondary N) is 1. The highest BCUT2D eigenvalue weighted by Gasteiger charge is 2.25. The van der Waals surface area contributed by atoms with Gasteiger partial charge < -0.3 is 5.32 Å². The van der Waals surface area contributed by atoms with Gasteiger partial charge in [0.2, 0.25) is 0 Å². The second kappa shape index (κ2) is 5.67. The van der Waals surface area contributed by atoms with E-state index < -0.39 is 12.6 Å². The van der Waals surface area contributed by atoms with Gasteiger partial charge in [-0.15, -0.1) is 5.10 Å². The average Bonchev–Trinajstić information content (AvgIpc) is 2.28. The number of anilines is 1. The van der Waals surface area contributed by atoms with Crippen molar-refractivity contribution in [2.75, 3.05) is 11.9 Å². The van der Waals surface area contributed by atoms with Crippen LogP contribution in [-0.2, 0) is 0 Å². The summed E-state index contributed by atoms with van der Waals surface area (Å²) in [5.74, 6) is 0.239. The molecule has 0 unspecified atom stereocenters. The predicted molar refractivity (Wildman–Crippen MR) is 60.0 cm³/mol. The minimum Gasteiger partial charge on any atom is -0.367 e. The van der Waals surface area contributed by atoms with Crippen LogP contribution in [0, 0.1) is 25.2 Å². The predicted octanol–water partition coefficient (Wildman–Crippen LogP) is 2.72. The van der Waals surface area contributed by atoms with Gasteiger partial charge in [-0.05, 0) is 25.8 Å². The van der Waals surface area contributed by atoms with E-state index in [9.17, 15) is 13.2 Å². The van der Waals surface area contributed by atoms with Gasteiger partial charge in [-0.2, -0.15) is 23.5 Å². The molecule has 0 aromatic carbocycles. The van der Waals surface area contributed by atoms with Crippen molar-refractivity contribution in [2.24, 2.45) is 0 Å². The van der Waals surface area contributed by atoms with Crippen LogP contribution in [0.2, 0.25) is 0 Å². The normalized spacial score (nSPS) is 11.1. The molecule has 0 spiro atoms. The van der Waals surface area contributed by atoms with Gasteiger partial charge in [0.25, 0.3) is 0 Å². The van der Waals surface area contributed by atoms with Crippen LogP contribution in [0.5, 0.6) is 0 Å². The monoisotopic (exact) mass is 258 g/mol. The van der Waals surface area contributed by atoms with E-state index in [0.717, 1.165) is 0 Å². The van der Waals surface area contributed by atoms with Crippen molar-refractivity contribution in [2.45, 2.75) is 32.9 Å². The van der Waals surface area contributed by atoms with E-state index >= 15 is 0 Å². The van der Waals surface area contributed by atoms with Crippen LogP contribution in [0.4, 0.5) is 19.0 Å². The lowest BCUT2D eigenvalue weighted by Crippen LogP contribution is -2.13. The maximum absolute atomic E-state index is 11.9. The number of alkyl halides is 3. The average molecular weight is 258 g/mol. The van der Waals surface area contributed by atoms with Crippen LogP contribution in [0.3, 0.4) is 0 Å². The number of aromatic nitrogens is 2. The summed E-state index contributed by atoms with van der Waals surface area (Å²) >= 11 is 0. The van der Waals surface area contributed by atoms with Crippen molar-refractivity contribution in [1.29, 1.82) is 5.26 Å². The summed E-state index contributed by atoms with van der Waals surface area (Å²) in [5.41, 5.74) is 1.65. The van der Waals surface area contributed by atoms with Crippen molar-refractivity contribution in [1.82, 2.24) is 10.2 Å². The second-order valence-corrected chi connectivity index (χ2v) is 3.89. The van der Waals surface area contributed by atoms with E-state index in [1.165, 1.54) is 0 Å². The van der Waals surface area contributed by atoms with Gasteiger partial charge in [0.1, 0.15) is 11.6 Å². The first-order valence-electron chi connectivity index (χ1n) is 5.39. The fourth-order valence-corrected chi connectivity index (χ4v) is 1.36. The van der Waals surface area contributed by atoms with Gasteiger partial charge in [-0.3, -0.25) is 0 Å². The van der Waals surface area contributed by atoms with Crippen LogP contribution in [-0.4, -0.2) is 22.9 Å². The molecule has 1 heterocycles. The quantitative estimate of drug-likeness (QED) is 0.843. The Bertz CT molecular complexity index is 463. The summed E-state index contributed by atoms with van der Waals surface area (Å²) in [4.78, 5) is 0. The summed E-state index contributed by atoms with van der Waals surface area (Å²) in [7, 11) is 0. The Morgan fingerprint density at radius 1 is 1.28 bits per heavy atom. The lowest BCUT2D eigenvalue weighted by molar-refractivity contribution is -0.134. The summed E-state index contributed by atoms with van der Waals surface area (Å²) < 4.78 is 35.8. The third-order valence-electron chi connectivity index (χ3n) is 2.50. The number of hydrogen-bond acceptors (Lipinski definition) is 4. The molecule has 98 valence electrons. The van der Waals surface area contributed by atoms with Gasteiger partial charge in [0.05, 0.1) is 5.69 Å². The van der Waals surface area contributed by atoms with Crippen LogP contribution < -0.4 is 5.32 Å². The van der Waals surface area contributed by atoms with Gasteiger partial charge in [-0.1, -0.05) is 0 Å². The number of nitriles is 1. The number of halogens is 3. The first kappa shape index (κ1) is 14.2. The molecule has 0 saturated carbocycles. The number of nitrogens with zero attached hydrogens (tertiary/aromatic N) is 3. The van der Waals surface area contributed by atoms with Crippen molar-refractivity contribution in [3.8, 4) is 6.07 Å². The molecule has 1 aromatic rings. The van der Waals surface area contributed by atoms with Crippen molar-refractivity contribution >= 4 is 5.82 Å². The van der Waals surface area contributed by atoms with Gasteiger partial charge in [0, 0.05) is 13.0 Å². The molecule has 0 aliphatic heterocycles. The van der Waals surface area contributed by atoms with Crippen molar-refractivity contribution < 1.29 is 13.2 Å². The number of aryl methyl sites for hydroxylation is 1. The summed E-state index contributed by atoms with van der Waals surface area (Å²) in [6, 6.07) is 1.97. The molecule has 0 aliphatic carbocycles. The van der Waals surface area contributed by atoms with Crippen LogP contribution in [0.1, 0.15) is 29.7 Å². The van der Waals surface area contributed by atoms with Crippen molar-refractivity contribution in [3.05, 3.63) is 16.8 Å². The van der Waals surface area contributed by atoms with E-state index in [4.69, 9.17) is 5.26 Å². The van der Waals surface area contributed by atoms with Gasteiger partial charge in [-0.25, -0.2) is 0 Å². The fraction of sp³-hybridized carbons (Fsp3) is 0.545. The zero-order chi connectivity index (χ0) is 13.8. The molecular weight excluding hydrogens is 245 g/mol. The molecule has 0 aliphatic rings. The van der Waals surface area contributed by atoms with E-state index in [1.54, 1.807) is 13.8 Å². The Morgan fingerprint density at radius 3 is 2.50 bits per heavy atom. The third-order valence-corrected chi connectivity index (χ3v) is 2.50. The maximum Gasteiger partial charge on any atom is 0.389 e. The Labute approximate surface area is 103 Å². The highest BCUT2D eigenvalue weighted by Crippen LogP contribution is 2.22. The molecule has 0 amide bonds. The Balaban J connectivity index is 2.64. The molecule has 1 N–H and O–H groups in total. The third kappa shape index (κ3) is 3.87. The molecule has 0 bridgehead atoms. The van der Waals surface area contributed by atoms with E-state index in [0.29, 0.717) is 16.8 Å². The largest absolute Gasteiger partial charge is 0.389 e. The molecule has 0 fully saturated rings. The topological polar surface area (TPSA) is 61.6 Å². The number of hydrogen-bond donors (Lipinski definition) is 1. The van der Waals surface area contributed by atoms with Crippen molar-refractivity contribution in [3.63, 3.8) is 0 Å². The van der Waals surface area contributed by atoms with E-state index in [1.807, 2.05) is 6.07 Å². The molecule has 0 saturated heterocycles. The first-order valence-corrected chi connectivity index (χ1v) is 5.39. The SMILES string of the molecule is Cc1nnc(NCCCC(F)(F)F)c(C#N)c1C. The zero-order valence-corrected chi connectivity index (χ0v) is 10.1. The molecule has 0 atom stereocenters. The van der Waals surface area contributed by atoms with E-state index in [-0.39, 0.29) is 18.8 Å². The second-order valence-electron chi connectivity index (χ2n) is 3.89. The minimum absolute atomic E-state index is 0.0665. The Hall–Kier alpha value is -1.84. The smallest absolute Gasteiger partial charge is 0.367 e. The summed E-state index contributed by atoms with van der Waals surface area (Å²) in [6.07, 6.45) is -5.09. The maximum atomic E-state index is 11.9. The van der Waals surface area contributed by atoms with Crippen LogP contribution in [0.25, 0.3) is 0 Å². The fourth-order valence-electron chi connectivity index (χ4n) is 1.36. The molecule has 1 aromatic heterocycles. The highest BCUT2D eigenvalue weighted by molar-refractivity contribution is 5.55. The standard InChI is InChI=1S/C11H13F3N4/c1-7-8(2)17-18-10(9(7)6-15)16-5-3-4-11(12,13)14/h3-5H2,1-2H3,(H,16,18). The van der Waals surface area contributed by atoms with E-state index in [2.05, 4.69) is 15.5 Å². The molecule has 18 heavy (non-hydrogen) atoms. The van der Waals surface area contributed by atoms with Gasteiger partial charge >= 0.3 is 6.18 Å². The number of rotatable bonds is 4. The summed E-state index contributed by atoms with van der Waals surface area (Å²) in [5, 5.41) is 19.3. The zero-order valence-electron chi connectivity index (χ0n) is 10.1. The molecule has 4 nitrogen and oxygen atoms in total.